The minimum absolute atomic E-state index is 0. The molecule has 3 N–H and O–H groups in total. The van der Waals surface area contributed by atoms with E-state index >= 15 is 0 Å². The largest absolute Gasteiger partial charge is 0.371 e. The summed E-state index contributed by atoms with van der Waals surface area (Å²) in [5.74, 6) is 0.0943. The number of hydrogen-bond donors (Lipinski definition) is 2. The third kappa shape index (κ3) is 6.11. The van der Waals surface area contributed by atoms with Crippen LogP contribution in [0, 0.1) is 17.2 Å². The number of benzene rings is 1. The van der Waals surface area contributed by atoms with Gasteiger partial charge < -0.3 is 16.0 Å². The number of carbonyl (C=O) groups excluding carboxylic acids is 1. The molecule has 2 rings (SSSR count). The van der Waals surface area contributed by atoms with Crippen molar-refractivity contribution in [3.63, 3.8) is 0 Å². The first kappa shape index (κ1) is 23.0. The van der Waals surface area contributed by atoms with Crippen molar-refractivity contribution >= 4 is 36.4 Å². The van der Waals surface area contributed by atoms with Crippen molar-refractivity contribution in [1.29, 1.82) is 0 Å². The molecule has 1 heterocycles. The number of anilines is 1. The molecule has 0 saturated carbocycles. The summed E-state index contributed by atoms with van der Waals surface area (Å²) >= 11 is 0. The zero-order valence-corrected chi connectivity index (χ0v) is 16.1. The summed E-state index contributed by atoms with van der Waals surface area (Å²) in [5.41, 5.74) is 6.75. The Labute approximate surface area is 156 Å². The average Bonchev–Trinajstić information content (AvgIpc) is 2.92. The van der Waals surface area contributed by atoms with Crippen LogP contribution in [0.3, 0.4) is 0 Å². The van der Waals surface area contributed by atoms with E-state index < -0.39 is 6.04 Å². The van der Waals surface area contributed by atoms with Gasteiger partial charge in [-0.1, -0.05) is 20.8 Å². The zero-order chi connectivity index (χ0) is 16.3. The van der Waals surface area contributed by atoms with Crippen LogP contribution in [0.15, 0.2) is 24.3 Å². The van der Waals surface area contributed by atoms with Crippen LogP contribution in [0.1, 0.15) is 27.2 Å². The fraction of sp³-hybridized carbons (Fsp3) is 0.588. The molecule has 7 heteroatoms. The maximum Gasteiger partial charge on any atom is 0.237 e. The lowest BCUT2D eigenvalue weighted by molar-refractivity contribution is -0.124. The van der Waals surface area contributed by atoms with Gasteiger partial charge in [-0.25, -0.2) is 4.39 Å². The second-order valence-electron chi connectivity index (χ2n) is 7.17. The quantitative estimate of drug-likeness (QED) is 0.845. The standard InChI is InChI=1S/C17H26FN3O.2ClH/c1-17(2,3)15(19)16(22)20-10-12-8-9-21(11-12)14-6-4-13(18)5-7-14;;/h4-7,12,15H,8-11,19H2,1-3H3,(H,20,22);2*1H/t12?,15-;;/m1../s1. The monoisotopic (exact) mass is 379 g/mol. The van der Waals surface area contributed by atoms with Crippen molar-refractivity contribution in [2.75, 3.05) is 24.5 Å². The normalized spacial score (nSPS) is 18.4. The van der Waals surface area contributed by atoms with Crippen molar-refractivity contribution in [2.45, 2.75) is 33.2 Å². The molecule has 1 saturated heterocycles. The Morgan fingerprint density at radius 3 is 2.46 bits per heavy atom. The minimum atomic E-state index is -0.498. The van der Waals surface area contributed by atoms with Gasteiger partial charge in [0.25, 0.3) is 0 Å². The van der Waals surface area contributed by atoms with Crippen LogP contribution in [0.2, 0.25) is 0 Å². The summed E-state index contributed by atoms with van der Waals surface area (Å²) in [6.07, 6.45) is 1.02. The maximum atomic E-state index is 13.0. The number of rotatable bonds is 4. The summed E-state index contributed by atoms with van der Waals surface area (Å²) in [4.78, 5) is 14.3. The van der Waals surface area contributed by atoms with Gasteiger partial charge in [0.1, 0.15) is 5.82 Å². The molecule has 0 aromatic heterocycles. The molecule has 1 aliphatic heterocycles. The van der Waals surface area contributed by atoms with Crippen LogP contribution in [-0.2, 0) is 4.79 Å². The highest BCUT2D eigenvalue weighted by Gasteiger charge is 2.29. The molecule has 4 nitrogen and oxygen atoms in total. The smallest absolute Gasteiger partial charge is 0.237 e. The van der Waals surface area contributed by atoms with Crippen LogP contribution >= 0.6 is 24.8 Å². The molecular formula is C17H28Cl2FN3O. The SMILES string of the molecule is CC(C)(C)[C@H](N)C(=O)NCC1CCN(c2ccc(F)cc2)C1.Cl.Cl. The van der Waals surface area contributed by atoms with E-state index in [0.29, 0.717) is 12.5 Å². The van der Waals surface area contributed by atoms with Gasteiger partial charge in [-0.2, -0.15) is 0 Å². The molecule has 1 unspecified atom stereocenters. The van der Waals surface area contributed by atoms with E-state index in [1.807, 2.05) is 20.8 Å². The van der Waals surface area contributed by atoms with Gasteiger partial charge in [0.15, 0.2) is 0 Å². The summed E-state index contributed by atoms with van der Waals surface area (Å²) in [6.45, 7) is 8.32. The Morgan fingerprint density at radius 1 is 1.33 bits per heavy atom. The van der Waals surface area contributed by atoms with Crippen molar-refractivity contribution < 1.29 is 9.18 Å². The van der Waals surface area contributed by atoms with Gasteiger partial charge in [0.05, 0.1) is 6.04 Å². The molecule has 2 atom stereocenters. The van der Waals surface area contributed by atoms with Gasteiger partial charge in [-0.15, -0.1) is 24.8 Å². The molecule has 1 fully saturated rings. The molecule has 0 spiro atoms. The average molecular weight is 380 g/mol. The summed E-state index contributed by atoms with van der Waals surface area (Å²) in [5, 5.41) is 2.96. The summed E-state index contributed by atoms with van der Waals surface area (Å²) < 4.78 is 13.0. The lowest BCUT2D eigenvalue weighted by atomic mass is 9.87. The molecule has 1 aromatic rings. The van der Waals surface area contributed by atoms with E-state index in [1.54, 1.807) is 12.1 Å². The van der Waals surface area contributed by atoms with Crippen LogP contribution in [-0.4, -0.2) is 31.6 Å². The Hall–Kier alpha value is -1.04. The highest BCUT2D eigenvalue weighted by Crippen LogP contribution is 2.24. The van der Waals surface area contributed by atoms with Crippen LogP contribution in [0.25, 0.3) is 0 Å². The predicted octanol–water partition coefficient (Wildman–Crippen LogP) is 2.99. The zero-order valence-electron chi connectivity index (χ0n) is 14.4. The van der Waals surface area contributed by atoms with Crippen molar-refractivity contribution in [3.05, 3.63) is 30.1 Å². The molecule has 1 aromatic carbocycles. The van der Waals surface area contributed by atoms with E-state index in [4.69, 9.17) is 5.73 Å². The topological polar surface area (TPSA) is 58.4 Å². The van der Waals surface area contributed by atoms with Crippen LogP contribution in [0.5, 0.6) is 0 Å². The first-order chi connectivity index (χ1) is 10.3. The first-order valence-corrected chi connectivity index (χ1v) is 7.81. The fourth-order valence-electron chi connectivity index (χ4n) is 2.63. The molecular weight excluding hydrogens is 352 g/mol. The Kier molecular flexibility index (Phi) is 9.04. The number of nitrogens with two attached hydrogens (primary N) is 1. The first-order valence-electron chi connectivity index (χ1n) is 7.81. The second kappa shape index (κ2) is 9.44. The van der Waals surface area contributed by atoms with E-state index in [-0.39, 0.29) is 42.0 Å². The van der Waals surface area contributed by atoms with Crippen molar-refractivity contribution in [2.24, 2.45) is 17.1 Å². The molecule has 24 heavy (non-hydrogen) atoms. The Balaban J connectivity index is 0.00000264. The molecule has 0 aliphatic carbocycles. The van der Waals surface area contributed by atoms with Gasteiger partial charge >= 0.3 is 0 Å². The third-order valence-corrected chi connectivity index (χ3v) is 4.26. The lowest BCUT2D eigenvalue weighted by Crippen LogP contribution is -2.49. The Morgan fingerprint density at radius 2 is 1.92 bits per heavy atom. The summed E-state index contributed by atoms with van der Waals surface area (Å²) in [6, 6.07) is 6.05. The van der Waals surface area contributed by atoms with Crippen molar-refractivity contribution in [3.8, 4) is 0 Å². The van der Waals surface area contributed by atoms with E-state index in [2.05, 4.69) is 10.2 Å². The van der Waals surface area contributed by atoms with Gasteiger partial charge in [0, 0.05) is 25.3 Å². The van der Waals surface area contributed by atoms with E-state index in [1.165, 1.54) is 12.1 Å². The number of carbonyl (C=O) groups is 1. The second-order valence-corrected chi connectivity index (χ2v) is 7.17. The van der Waals surface area contributed by atoms with Crippen molar-refractivity contribution in [1.82, 2.24) is 5.32 Å². The van der Waals surface area contributed by atoms with Gasteiger partial charge in [0.2, 0.25) is 5.91 Å². The van der Waals surface area contributed by atoms with Gasteiger partial charge in [-0.05, 0) is 42.0 Å². The highest BCUT2D eigenvalue weighted by molar-refractivity contribution is 5.85. The number of nitrogens with zero attached hydrogens (tertiary/aromatic N) is 1. The molecule has 1 aliphatic rings. The predicted molar refractivity (Wildman–Crippen MR) is 102 cm³/mol. The van der Waals surface area contributed by atoms with Gasteiger partial charge in [-0.3, -0.25) is 4.79 Å². The summed E-state index contributed by atoms with van der Waals surface area (Å²) in [7, 11) is 0. The number of hydrogen-bond acceptors (Lipinski definition) is 3. The number of amides is 1. The third-order valence-electron chi connectivity index (χ3n) is 4.26. The molecule has 0 radical (unpaired) electrons. The van der Waals surface area contributed by atoms with E-state index in [9.17, 15) is 9.18 Å². The molecule has 1 amide bonds. The van der Waals surface area contributed by atoms with Crippen LogP contribution in [0.4, 0.5) is 10.1 Å². The lowest BCUT2D eigenvalue weighted by Gasteiger charge is -2.26. The molecule has 138 valence electrons. The molecule has 0 bridgehead atoms. The van der Waals surface area contributed by atoms with Crippen LogP contribution < -0.4 is 16.0 Å². The highest BCUT2D eigenvalue weighted by atomic mass is 35.5. The minimum Gasteiger partial charge on any atom is -0.371 e. The Bertz CT molecular complexity index is 520. The number of halogens is 3. The maximum absolute atomic E-state index is 13.0. The fourth-order valence-corrected chi connectivity index (χ4v) is 2.63. The number of nitrogens with one attached hydrogen (secondary N) is 1. The van der Waals surface area contributed by atoms with E-state index in [0.717, 1.165) is 25.2 Å².